The van der Waals surface area contributed by atoms with Gasteiger partial charge in [-0.1, -0.05) is 0 Å². The molecule has 0 heterocycles. The molecule has 0 aromatic heterocycles. The fourth-order valence-electron chi connectivity index (χ4n) is 1.83. The first-order valence-corrected chi connectivity index (χ1v) is 6.44. The highest BCUT2D eigenvalue weighted by Gasteiger charge is 2.27. The molecule has 0 bridgehead atoms. The van der Waals surface area contributed by atoms with Crippen molar-refractivity contribution in [2.45, 2.75) is 25.6 Å². The molecule has 1 aromatic rings. The highest BCUT2D eigenvalue weighted by molar-refractivity contribution is 5.90. The van der Waals surface area contributed by atoms with Gasteiger partial charge in [0.05, 0.1) is 28.8 Å². The van der Waals surface area contributed by atoms with E-state index in [1.165, 1.54) is 12.1 Å². The standard InChI is InChI=1S/C13H18N2O6/c1-2-21-13(18)8-3-4-9(10(7-8)15(19)20)12(17)11(16)5-6-14/h3-4,7,11-12,16-17H,2,5-6,14H2,1H3. The minimum absolute atomic E-state index is 0.00724. The number of aliphatic hydroxyl groups is 2. The molecule has 0 aliphatic heterocycles. The summed E-state index contributed by atoms with van der Waals surface area (Å²) in [5.41, 5.74) is 4.75. The number of esters is 1. The summed E-state index contributed by atoms with van der Waals surface area (Å²) in [5.74, 6) is -0.691. The number of carbonyl (C=O) groups excluding carboxylic acids is 1. The van der Waals surface area contributed by atoms with E-state index in [-0.39, 0.29) is 30.7 Å². The summed E-state index contributed by atoms with van der Waals surface area (Å²) in [6.07, 6.45) is -2.58. The van der Waals surface area contributed by atoms with Crippen LogP contribution in [0.3, 0.4) is 0 Å². The van der Waals surface area contributed by atoms with Gasteiger partial charge in [-0.3, -0.25) is 10.1 Å². The highest BCUT2D eigenvalue weighted by Crippen LogP contribution is 2.29. The zero-order chi connectivity index (χ0) is 16.0. The lowest BCUT2D eigenvalue weighted by molar-refractivity contribution is -0.386. The first-order valence-electron chi connectivity index (χ1n) is 6.44. The summed E-state index contributed by atoms with van der Waals surface area (Å²) in [7, 11) is 0. The molecular weight excluding hydrogens is 280 g/mol. The quantitative estimate of drug-likeness (QED) is 0.379. The zero-order valence-electron chi connectivity index (χ0n) is 11.6. The maximum Gasteiger partial charge on any atom is 0.338 e. The van der Waals surface area contributed by atoms with Crippen LogP contribution in [0.4, 0.5) is 5.69 Å². The van der Waals surface area contributed by atoms with Gasteiger partial charge in [0.25, 0.3) is 5.69 Å². The lowest BCUT2D eigenvalue weighted by Crippen LogP contribution is -2.22. The average molecular weight is 298 g/mol. The molecule has 1 aromatic carbocycles. The summed E-state index contributed by atoms with van der Waals surface area (Å²) in [6, 6.07) is 3.55. The SMILES string of the molecule is CCOC(=O)c1ccc(C(O)C(O)CCN)c([N+](=O)[O-])c1. The number of ether oxygens (including phenoxy) is 1. The van der Waals surface area contributed by atoms with Crippen molar-refractivity contribution in [1.82, 2.24) is 0 Å². The van der Waals surface area contributed by atoms with Crippen LogP contribution >= 0.6 is 0 Å². The molecule has 4 N–H and O–H groups in total. The maximum atomic E-state index is 11.6. The van der Waals surface area contributed by atoms with Gasteiger partial charge in [-0.05, 0) is 32.0 Å². The van der Waals surface area contributed by atoms with Crippen LogP contribution in [-0.4, -0.2) is 40.4 Å². The third-order valence-corrected chi connectivity index (χ3v) is 2.88. The van der Waals surface area contributed by atoms with Crippen molar-refractivity contribution in [1.29, 1.82) is 0 Å². The van der Waals surface area contributed by atoms with E-state index in [0.717, 1.165) is 6.07 Å². The van der Waals surface area contributed by atoms with E-state index in [0.29, 0.717) is 0 Å². The lowest BCUT2D eigenvalue weighted by atomic mass is 9.99. The Kier molecular flexibility index (Phi) is 6.22. The molecule has 1 rings (SSSR count). The van der Waals surface area contributed by atoms with E-state index in [2.05, 4.69) is 0 Å². The minimum Gasteiger partial charge on any atom is -0.462 e. The summed E-state index contributed by atoms with van der Waals surface area (Å²) in [5, 5.41) is 30.7. The van der Waals surface area contributed by atoms with Crippen LogP contribution in [0.1, 0.15) is 35.4 Å². The van der Waals surface area contributed by atoms with Gasteiger partial charge in [0, 0.05) is 6.07 Å². The van der Waals surface area contributed by atoms with E-state index in [4.69, 9.17) is 10.5 Å². The molecule has 0 aliphatic rings. The number of aliphatic hydroxyl groups excluding tert-OH is 2. The minimum atomic E-state index is -1.45. The van der Waals surface area contributed by atoms with Crippen molar-refractivity contribution >= 4 is 11.7 Å². The Balaban J connectivity index is 3.16. The largest absolute Gasteiger partial charge is 0.462 e. The predicted octanol–water partition coefficient (Wildman–Crippen LogP) is 0.515. The van der Waals surface area contributed by atoms with Crippen LogP contribution in [0, 0.1) is 10.1 Å². The number of nitro groups is 1. The van der Waals surface area contributed by atoms with Crippen molar-refractivity contribution in [2.24, 2.45) is 5.73 Å². The van der Waals surface area contributed by atoms with E-state index >= 15 is 0 Å². The Bertz CT molecular complexity index is 519. The Morgan fingerprint density at radius 3 is 2.67 bits per heavy atom. The number of carbonyl (C=O) groups is 1. The van der Waals surface area contributed by atoms with Crippen LogP contribution in [0.2, 0.25) is 0 Å². The smallest absolute Gasteiger partial charge is 0.338 e. The number of rotatable bonds is 7. The first-order chi connectivity index (χ1) is 9.92. The monoisotopic (exact) mass is 298 g/mol. The third kappa shape index (κ3) is 4.22. The van der Waals surface area contributed by atoms with Crippen LogP contribution in [0.15, 0.2) is 18.2 Å². The molecule has 116 valence electrons. The molecule has 21 heavy (non-hydrogen) atoms. The van der Waals surface area contributed by atoms with Gasteiger partial charge in [0.15, 0.2) is 0 Å². The van der Waals surface area contributed by atoms with E-state index in [1.54, 1.807) is 6.92 Å². The fourth-order valence-corrected chi connectivity index (χ4v) is 1.83. The predicted molar refractivity (Wildman–Crippen MR) is 73.7 cm³/mol. The number of hydrogen-bond donors (Lipinski definition) is 3. The van der Waals surface area contributed by atoms with Crippen LogP contribution in [-0.2, 0) is 4.74 Å². The van der Waals surface area contributed by atoms with Gasteiger partial charge in [-0.25, -0.2) is 4.79 Å². The van der Waals surface area contributed by atoms with Crippen molar-refractivity contribution in [3.05, 3.63) is 39.4 Å². The second-order valence-corrected chi connectivity index (χ2v) is 4.34. The molecule has 8 heteroatoms. The van der Waals surface area contributed by atoms with Crippen molar-refractivity contribution in [3.8, 4) is 0 Å². The summed E-state index contributed by atoms with van der Waals surface area (Å²) in [6.45, 7) is 1.90. The van der Waals surface area contributed by atoms with Crippen LogP contribution in [0.5, 0.6) is 0 Å². The third-order valence-electron chi connectivity index (χ3n) is 2.88. The van der Waals surface area contributed by atoms with Crippen molar-refractivity contribution < 1.29 is 24.7 Å². The number of nitro benzene ring substituents is 1. The molecular formula is C13H18N2O6. The van der Waals surface area contributed by atoms with E-state index in [9.17, 15) is 25.1 Å². The summed E-state index contributed by atoms with van der Waals surface area (Å²) >= 11 is 0. The van der Waals surface area contributed by atoms with Gasteiger partial charge in [0.2, 0.25) is 0 Å². The Labute approximate surface area is 121 Å². The van der Waals surface area contributed by atoms with E-state index < -0.39 is 28.8 Å². The number of nitrogens with two attached hydrogens (primary N) is 1. The number of hydrogen-bond acceptors (Lipinski definition) is 7. The molecule has 0 fully saturated rings. The second-order valence-electron chi connectivity index (χ2n) is 4.34. The van der Waals surface area contributed by atoms with Gasteiger partial charge >= 0.3 is 5.97 Å². The molecule has 0 spiro atoms. The summed E-state index contributed by atoms with van der Waals surface area (Å²) < 4.78 is 4.76. The van der Waals surface area contributed by atoms with Gasteiger partial charge < -0.3 is 20.7 Å². The molecule has 0 radical (unpaired) electrons. The van der Waals surface area contributed by atoms with Crippen LogP contribution < -0.4 is 5.73 Å². The highest BCUT2D eigenvalue weighted by atomic mass is 16.6. The van der Waals surface area contributed by atoms with Gasteiger partial charge in [-0.15, -0.1) is 0 Å². The van der Waals surface area contributed by atoms with E-state index in [1.807, 2.05) is 0 Å². The topological polar surface area (TPSA) is 136 Å². The zero-order valence-corrected chi connectivity index (χ0v) is 11.6. The Hall–Kier alpha value is -2.03. The maximum absolute atomic E-state index is 11.6. The first kappa shape index (κ1) is 17.0. The normalized spacial score (nSPS) is 13.5. The molecule has 0 saturated heterocycles. The molecule has 0 aliphatic carbocycles. The summed E-state index contributed by atoms with van der Waals surface area (Å²) in [4.78, 5) is 21.9. The molecule has 8 nitrogen and oxygen atoms in total. The Morgan fingerprint density at radius 1 is 1.48 bits per heavy atom. The van der Waals surface area contributed by atoms with Crippen molar-refractivity contribution in [3.63, 3.8) is 0 Å². The fraction of sp³-hybridized carbons (Fsp3) is 0.462. The Morgan fingerprint density at radius 2 is 2.14 bits per heavy atom. The molecule has 2 unspecified atom stereocenters. The molecule has 0 amide bonds. The van der Waals surface area contributed by atoms with Gasteiger partial charge in [0.1, 0.15) is 6.10 Å². The average Bonchev–Trinajstić information content (AvgIpc) is 2.46. The van der Waals surface area contributed by atoms with Crippen LogP contribution in [0.25, 0.3) is 0 Å². The second kappa shape index (κ2) is 7.67. The van der Waals surface area contributed by atoms with Gasteiger partial charge in [-0.2, -0.15) is 0 Å². The lowest BCUT2D eigenvalue weighted by Gasteiger charge is -2.17. The van der Waals surface area contributed by atoms with Crippen molar-refractivity contribution in [2.75, 3.05) is 13.2 Å². The number of nitrogens with zero attached hydrogens (tertiary/aromatic N) is 1. The number of benzene rings is 1. The molecule has 0 saturated carbocycles. The molecule has 2 atom stereocenters.